The molecular formula is C20H19NO2. The number of allylic oxidation sites excluding steroid dienone is 2. The number of carboxylic acid groups (broad SMARTS) is 1. The van der Waals surface area contributed by atoms with E-state index in [1.165, 1.54) is 16.8 Å². The van der Waals surface area contributed by atoms with Gasteiger partial charge in [-0.1, -0.05) is 42.0 Å². The number of rotatable bonds is 2. The minimum absolute atomic E-state index is 0.216. The summed E-state index contributed by atoms with van der Waals surface area (Å²) in [5.74, 6) is 0.0460. The smallest absolute Gasteiger partial charge is 0.335 e. The lowest BCUT2D eigenvalue weighted by Gasteiger charge is -2.37. The molecule has 3 atom stereocenters. The van der Waals surface area contributed by atoms with Gasteiger partial charge in [0.1, 0.15) is 0 Å². The third-order valence-electron chi connectivity index (χ3n) is 5.04. The summed E-state index contributed by atoms with van der Waals surface area (Å²) in [5.41, 5.74) is 5.34. The number of nitrogens with one attached hydrogen (secondary N) is 1. The Balaban J connectivity index is 1.73. The Labute approximate surface area is 135 Å². The first-order chi connectivity index (χ1) is 11.1. The highest BCUT2D eigenvalue weighted by molar-refractivity contribution is 5.87. The number of aryl methyl sites for hydroxylation is 1. The van der Waals surface area contributed by atoms with Crippen LogP contribution in [0.5, 0.6) is 0 Å². The monoisotopic (exact) mass is 305 g/mol. The van der Waals surface area contributed by atoms with Crippen molar-refractivity contribution < 1.29 is 9.90 Å². The van der Waals surface area contributed by atoms with E-state index in [0.29, 0.717) is 17.4 Å². The van der Waals surface area contributed by atoms with Crippen LogP contribution in [0.2, 0.25) is 0 Å². The van der Waals surface area contributed by atoms with Crippen LogP contribution in [-0.2, 0) is 0 Å². The van der Waals surface area contributed by atoms with E-state index in [2.05, 4.69) is 42.6 Å². The second kappa shape index (κ2) is 5.27. The van der Waals surface area contributed by atoms with Crippen LogP contribution in [0.1, 0.15) is 45.4 Å². The number of benzene rings is 2. The number of hydrogen-bond donors (Lipinski definition) is 2. The molecule has 3 heteroatoms. The Morgan fingerprint density at radius 1 is 1.17 bits per heavy atom. The zero-order valence-corrected chi connectivity index (χ0v) is 13.0. The number of carbonyl (C=O) groups is 1. The van der Waals surface area contributed by atoms with Crippen LogP contribution in [0.25, 0.3) is 0 Å². The van der Waals surface area contributed by atoms with Crippen LogP contribution in [0.4, 0.5) is 5.69 Å². The highest BCUT2D eigenvalue weighted by Gasteiger charge is 2.37. The van der Waals surface area contributed by atoms with Crippen molar-refractivity contribution in [1.29, 1.82) is 0 Å². The Morgan fingerprint density at radius 2 is 1.96 bits per heavy atom. The number of aromatic carboxylic acids is 1. The summed E-state index contributed by atoms with van der Waals surface area (Å²) < 4.78 is 0. The van der Waals surface area contributed by atoms with Gasteiger partial charge >= 0.3 is 5.97 Å². The molecular weight excluding hydrogens is 286 g/mol. The number of anilines is 1. The van der Waals surface area contributed by atoms with Gasteiger partial charge in [-0.05, 0) is 48.6 Å². The normalized spacial score (nSPS) is 24.7. The lowest BCUT2D eigenvalue weighted by molar-refractivity contribution is 0.0697. The molecule has 2 N–H and O–H groups in total. The minimum atomic E-state index is -0.880. The molecule has 0 radical (unpaired) electrons. The van der Waals surface area contributed by atoms with Crippen LogP contribution in [0, 0.1) is 12.8 Å². The molecule has 3 unspecified atom stereocenters. The molecule has 2 aliphatic rings. The Bertz CT molecular complexity index is 792. The van der Waals surface area contributed by atoms with Crippen molar-refractivity contribution in [1.82, 2.24) is 0 Å². The predicted molar refractivity (Wildman–Crippen MR) is 90.9 cm³/mol. The number of fused-ring (bicyclic) bond motifs is 3. The second-order valence-corrected chi connectivity index (χ2v) is 6.49. The zero-order chi connectivity index (χ0) is 16.0. The van der Waals surface area contributed by atoms with Crippen LogP contribution in [-0.4, -0.2) is 11.1 Å². The van der Waals surface area contributed by atoms with Gasteiger partial charge in [0.05, 0.1) is 11.6 Å². The largest absolute Gasteiger partial charge is 0.478 e. The van der Waals surface area contributed by atoms with E-state index in [-0.39, 0.29) is 6.04 Å². The zero-order valence-electron chi connectivity index (χ0n) is 13.0. The summed E-state index contributed by atoms with van der Waals surface area (Å²) in [5, 5.41) is 12.7. The molecule has 23 heavy (non-hydrogen) atoms. The molecule has 0 saturated heterocycles. The van der Waals surface area contributed by atoms with Gasteiger partial charge in [-0.25, -0.2) is 4.79 Å². The average Bonchev–Trinajstić information content (AvgIpc) is 3.04. The first kappa shape index (κ1) is 14.1. The summed E-state index contributed by atoms with van der Waals surface area (Å²) in [4.78, 5) is 11.0. The topological polar surface area (TPSA) is 49.3 Å². The fourth-order valence-electron chi connectivity index (χ4n) is 3.88. The van der Waals surface area contributed by atoms with E-state index < -0.39 is 5.97 Å². The van der Waals surface area contributed by atoms with Gasteiger partial charge < -0.3 is 10.4 Å². The van der Waals surface area contributed by atoms with E-state index in [4.69, 9.17) is 5.11 Å². The third kappa shape index (κ3) is 2.33. The van der Waals surface area contributed by atoms with E-state index in [1.807, 2.05) is 12.1 Å². The molecule has 0 spiro atoms. The molecule has 0 amide bonds. The quantitative estimate of drug-likeness (QED) is 0.802. The summed E-state index contributed by atoms with van der Waals surface area (Å²) in [6.45, 7) is 2.13. The molecule has 1 aliphatic carbocycles. The van der Waals surface area contributed by atoms with Crippen LogP contribution >= 0.6 is 0 Å². The third-order valence-corrected chi connectivity index (χ3v) is 5.04. The molecule has 0 bridgehead atoms. The highest BCUT2D eigenvalue weighted by atomic mass is 16.4. The molecule has 1 heterocycles. The molecule has 1 aliphatic heterocycles. The number of carboxylic acids is 1. The average molecular weight is 305 g/mol. The van der Waals surface area contributed by atoms with Crippen LogP contribution in [0.15, 0.2) is 54.6 Å². The SMILES string of the molecule is Cc1ccc2c(c1)C1C=CCC1C(c1ccc(C(=O)O)cc1)N2. The molecule has 3 nitrogen and oxygen atoms in total. The fourth-order valence-corrected chi connectivity index (χ4v) is 3.88. The predicted octanol–water partition coefficient (Wildman–Crippen LogP) is 4.52. The molecule has 116 valence electrons. The van der Waals surface area contributed by atoms with Gasteiger partial charge in [0.2, 0.25) is 0 Å². The first-order valence-electron chi connectivity index (χ1n) is 8.00. The summed E-state index contributed by atoms with van der Waals surface area (Å²) in [6.07, 6.45) is 5.64. The van der Waals surface area contributed by atoms with Gasteiger partial charge in [0.15, 0.2) is 0 Å². The Kier molecular flexibility index (Phi) is 3.22. The molecule has 4 rings (SSSR count). The van der Waals surface area contributed by atoms with Crippen molar-refractivity contribution in [3.63, 3.8) is 0 Å². The fraction of sp³-hybridized carbons (Fsp3) is 0.250. The molecule has 0 aromatic heterocycles. The Morgan fingerprint density at radius 3 is 2.70 bits per heavy atom. The standard InChI is InChI=1S/C20H19NO2/c1-12-5-10-18-17(11-12)15-3-2-4-16(15)19(21-18)13-6-8-14(9-7-13)20(22)23/h2-3,5-11,15-16,19,21H,4H2,1H3,(H,22,23). The summed E-state index contributed by atoms with van der Waals surface area (Å²) in [7, 11) is 0. The highest BCUT2D eigenvalue weighted by Crippen LogP contribution is 2.49. The van der Waals surface area contributed by atoms with E-state index in [0.717, 1.165) is 12.0 Å². The van der Waals surface area contributed by atoms with Gasteiger partial charge in [-0.2, -0.15) is 0 Å². The van der Waals surface area contributed by atoms with Crippen molar-refractivity contribution in [2.24, 2.45) is 5.92 Å². The Hall–Kier alpha value is -2.55. The number of hydrogen-bond acceptors (Lipinski definition) is 2. The second-order valence-electron chi connectivity index (χ2n) is 6.49. The summed E-state index contributed by atoms with van der Waals surface area (Å²) >= 11 is 0. The maximum Gasteiger partial charge on any atom is 0.335 e. The van der Waals surface area contributed by atoms with Crippen molar-refractivity contribution >= 4 is 11.7 Å². The van der Waals surface area contributed by atoms with Gasteiger partial charge in [-0.15, -0.1) is 0 Å². The van der Waals surface area contributed by atoms with E-state index in [9.17, 15) is 4.79 Å². The van der Waals surface area contributed by atoms with Crippen molar-refractivity contribution in [2.75, 3.05) is 5.32 Å². The van der Waals surface area contributed by atoms with Crippen molar-refractivity contribution in [3.8, 4) is 0 Å². The maximum atomic E-state index is 11.0. The van der Waals surface area contributed by atoms with E-state index >= 15 is 0 Å². The molecule has 2 aromatic rings. The lowest BCUT2D eigenvalue weighted by atomic mass is 9.76. The van der Waals surface area contributed by atoms with E-state index in [1.54, 1.807) is 12.1 Å². The van der Waals surface area contributed by atoms with Gasteiger partial charge in [0, 0.05) is 11.6 Å². The summed E-state index contributed by atoms with van der Waals surface area (Å²) in [6, 6.07) is 14.1. The van der Waals surface area contributed by atoms with Crippen molar-refractivity contribution in [2.45, 2.75) is 25.3 Å². The first-order valence-corrected chi connectivity index (χ1v) is 8.00. The minimum Gasteiger partial charge on any atom is -0.478 e. The van der Waals surface area contributed by atoms with Crippen LogP contribution in [0.3, 0.4) is 0 Å². The molecule has 0 saturated carbocycles. The van der Waals surface area contributed by atoms with Gasteiger partial charge in [0.25, 0.3) is 0 Å². The molecule has 0 fully saturated rings. The molecule has 2 aromatic carbocycles. The maximum absolute atomic E-state index is 11.0. The lowest BCUT2D eigenvalue weighted by Crippen LogP contribution is -2.29. The van der Waals surface area contributed by atoms with Gasteiger partial charge in [-0.3, -0.25) is 0 Å². The van der Waals surface area contributed by atoms with Crippen LogP contribution < -0.4 is 5.32 Å². The van der Waals surface area contributed by atoms with Crippen molar-refractivity contribution in [3.05, 3.63) is 76.9 Å².